The Morgan fingerprint density at radius 3 is 2.63 bits per heavy atom. The highest BCUT2D eigenvalue weighted by molar-refractivity contribution is 14.1. The molecule has 0 amide bonds. The summed E-state index contributed by atoms with van der Waals surface area (Å²) in [6, 6.07) is 13.6. The highest BCUT2D eigenvalue weighted by Gasteiger charge is 2.11. The Hall–Kier alpha value is -0.780. The number of benzene rings is 2. The lowest BCUT2D eigenvalue weighted by Crippen LogP contribution is -2.12. The first-order valence-corrected chi connectivity index (χ1v) is 7.50. The molecule has 0 aliphatic carbocycles. The van der Waals surface area contributed by atoms with E-state index in [2.05, 4.69) is 22.6 Å². The van der Waals surface area contributed by atoms with Crippen molar-refractivity contribution in [1.82, 2.24) is 0 Å². The van der Waals surface area contributed by atoms with Crippen LogP contribution in [0.1, 0.15) is 24.1 Å². The van der Waals surface area contributed by atoms with Crippen molar-refractivity contribution in [2.24, 2.45) is 5.73 Å². The van der Waals surface area contributed by atoms with Crippen molar-refractivity contribution in [1.29, 1.82) is 0 Å². The molecule has 19 heavy (non-hydrogen) atoms. The fourth-order valence-corrected chi connectivity index (χ4v) is 2.39. The Morgan fingerprint density at radius 2 is 1.95 bits per heavy atom. The molecule has 2 nitrogen and oxygen atoms in total. The van der Waals surface area contributed by atoms with Crippen LogP contribution in [-0.2, 0) is 0 Å². The van der Waals surface area contributed by atoms with E-state index >= 15 is 0 Å². The first-order chi connectivity index (χ1) is 9.11. The maximum Gasteiger partial charge on any atom is 0.119 e. The van der Waals surface area contributed by atoms with Crippen LogP contribution in [0.2, 0.25) is 5.02 Å². The molecule has 0 saturated heterocycles. The zero-order valence-corrected chi connectivity index (χ0v) is 13.5. The van der Waals surface area contributed by atoms with Crippen molar-refractivity contribution < 1.29 is 4.74 Å². The molecule has 0 aromatic heterocycles. The van der Waals surface area contributed by atoms with Gasteiger partial charge in [-0.2, -0.15) is 0 Å². The van der Waals surface area contributed by atoms with Crippen molar-refractivity contribution >= 4 is 34.2 Å². The minimum atomic E-state index is -0.199. The molecular weight excluding hydrogens is 373 g/mol. The van der Waals surface area contributed by atoms with Gasteiger partial charge in [-0.3, -0.25) is 0 Å². The SMILES string of the molecule is CCOc1cccc(C(N)c2ccc(I)c(Cl)c2)c1. The number of hydrogen-bond acceptors (Lipinski definition) is 2. The molecular formula is C15H15ClINO. The van der Waals surface area contributed by atoms with Crippen molar-refractivity contribution in [2.45, 2.75) is 13.0 Å². The average molecular weight is 388 g/mol. The smallest absolute Gasteiger partial charge is 0.119 e. The van der Waals surface area contributed by atoms with Crippen LogP contribution in [0.5, 0.6) is 5.75 Å². The standard InChI is InChI=1S/C15H15ClINO/c1-2-19-12-5-3-4-10(8-12)15(18)11-6-7-14(17)13(16)9-11/h3-9,15H,2,18H2,1H3. The monoisotopic (exact) mass is 387 g/mol. The molecule has 100 valence electrons. The van der Waals surface area contributed by atoms with Crippen LogP contribution in [0.25, 0.3) is 0 Å². The number of ether oxygens (including phenoxy) is 1. The van der Waals surface area contributed by atoms with E-state index in [1.54, 1.807) is 0 Å². The minimum Gasteiger partial charge on any atom is -0.494 e. The van der Waals surface area contributed by atoms with E-state index in [1.807, 2.05) is 49.4 Å². The lowest BCUT2D eigenvalue weighted by molar-refractivity contribution is 0.340. The van der Waals surface area contributed by atoms with Crippen molar-refractivity contribution in [3.05, 3.63) is 62.2 Å². The molecule has 0 spiro atoms. The van der Waals surface area contributed by atoms with E-state index in [-0.39, 0.29) is 6.04 Å². The van der Waals surface area contributed by atoms with E-state index in [4.69, 9.17) is 22.1 Å². The van der Waals surface area contributed by atoms with E-state index in [0.717, 1.165) is 25.5 Å². The number of halogens is 2. The second kappa shape index (κ2) is 6.59. The number of rotatable bonds is 4. The van der Waals surface area contributed by atoms with E-state index in [0.29, 0.717) is 6.61 Å². The fourth-order valence-electron chi connectivity index (χ4n) is 1.86. The summed E-state index contributed by atoms with van der Waals surface area (Å²) in [4.78, 5) is 0. The Kier molecular flexibility index (Phi) is 5.07. The van der Waals surface area contributed by atoms with Crippen molar-refractivity contribution in [3.63, 3.8) is 0 Å². The van der Waals surface area contributed by atoms with Crippen LogP contribution in [0.4, 0.5) is 0 Å². The summed E-state index contributed by atoms with van der Waals surface area (Å²) < 4.78 is 6.52. The van der Waals surface area contributed by atoms with Crippen LogP contribution in [0.3, 0.4) is 0 Å². The molecule has 2 rings (SSSR count). The highest BCUT2D eigenvalue weighted by Crippen LogP contribution is 2.27. The molecule has 0 heterocycles. The maximum absolute atomic E-state index is 6.28. The summed E-state index contributed by atoms with van der Waals surface area (Å²) in [6.07, 6.45) is 0. The predicted molar refractivity (Wildman–Crippen MR) is 87.8 cm³/mol. The summed E-state index contributed by atoms with van der Waals surface area (Å²) in [5.41, 5.74) is 8.30. The summed E-state index contributed by atoms with van der Waals surface area (Å²) in [5.74, 6) is 0.840. The van der Waals surface area contributed by atoms with Gasteiger partial charge in [-0.1, -0.05) is 29.8 Å². The minimum absolute atomic E-state index is 0.199. The van der Waals surface area contributed by atoms with Crippen LogP contribution in [-0.4, -0.2) is 6.61 Å². The van der Waals surface area contributed by atoms with E-state index < -0.39 is 0 Å². The molecule has 0 bridgehead atoms. The molecule has 2 N–H and O–H groups in total. The summed E-state index contributed by atoms with van der Waals surface area (Å²) in [5, 5.41) is 0.731. The Morgan fingerprint density at radius 1 is 1.21 bits per heavy atom. The third kappa shape index (κ3) is 3.61. The lowest BCUT2D eigenvalue weighted by Gasteiger charge is -2.14. The normalized spacial score (nSPS) is 12.2. The van der Waals surface area contributed by atoms with Gasteiger partial charge in [-0.05, 0) is 64.9 Å². The van der Waals surface area contributed by atoms with Gasteiger partial charge < -0.3 is 10.5 Å². The van der Waals surface area contributed by atoms with Crippen molar-refractivity contribution in [2.75, 3.05) is 6.61 Å². The van der Waals surface area contributed by atoms with Gasteiger partial charge >= 0.3 is 0 Å². The second-order valence-electron chi connectivity index (χ2n) is 4.16. The molecule has 0 aliphatic heterocycles. The Bertz CT molecular complexity index is 574. The summed E-state index contributed by atoms with van der Waals surface area (Å²) in [7, 11) is 0. The zero-order chi connectivity index (χ0) is 13.8. The molecule has 0 fully saturated rings. The second-order valence-corrected chi connectivity index (χ2v) is 5.73. The lowest BCUT2D eigenvalue weighted by atomic mass is 9.99. The molecule has 4 heteroatoms. The summed E-state index contributed by atoms with van der Waals surface area (Å²) >= 11 is 8.34. The first kappa shape index (κ1) is 14.6. The van der Waals surface area contributed by atoms with Gasteiger partial charge in [0.25, 0.3) is 0 Å². The van der Waals surface area contributed by atoms with Crippen molar-refractivity contribution in [3.8, 4) is 5.75 Å². The molecule has 0 saturated carbocycles. The predicted octanol–water partition coefficient (Wildman–Crippen LogP) is 4.39. The van der Waals surface area contributed by atoms with Gasteiger partial charge in [0, 0.05) is 3.57 Å². The van der Waals surface area contributed by atoms with Gasteiger partial charge in [0.15, 0.2) is 0 Å². The van der Waals surface area contributed by atoms with Crippen LogP contribution in [0.15, 0.2) is 42.5 Å². The Balaban J connectivity index is 2.29. The van der Waals surface area contributed by atoms with Gasteiger partial charge in [0.2, 0.25) is 0 Å². The first-order valence-electron chi connectivity index (χ1n) is 6.05. The maximum atomic E-state index is 6.28. The molecule has 1 unspecified atom stereocenters. The molecule has 1 atom stereocenters. The highest BCUT2D eigenvalue weighted by atomic mass is 127. The van der Waals surface area contributed by atoms with Crippen LogP contribution in [0, 0.1) is 3.57 Å². The zero-order valence-electron chi connectivity index (χ0n) is 10.6. The van der Waals surface area contributed by atoms with E-state index in [1.165, 1.54) is 0 Å². The summed E-state index contributed by atoms with van der Waals surface area (Å²) in [6.45, 7) is 2.61. The van der Waals surface area contributed by atoms with E-state index in [9.17, 15) is 0 Å². The quantitative estimate of drug-likeness (QED) is 0.790. The number of hydrogen-bond donors (Lipinski definition) is 1. The van der Waals surface area contributed by atoms with Gasteiger partial charge in [0.05, 0.1) is 17.7 Å². The number of nitrogens with two attached hydrogens (primary N) is 1. The van der Waals surface area contributed by atoms with Gasteiger partial charge in [0.1, 0.15) is 5.75 Å². The third-order valence-electron chi connectivity index (χ3n) is 2.83. The van der Waals surface area contributed by atoms with Gasteiger partial charge in [-0.25, -0.2) is 0 Å². The topological polar surface area (TPSA) is 35.2 Å². The fraction of sp³-hybridized carbons (Fsp3) is 0.200. The molecule has 2 aromatic rings. The largest absolute Gasteiger partial charge is 0.494 e. The Labute approximate surface area is 132 Å². The molecule has 0 radical (unpaired) electrons. The van der Waals surface area contributed by atoms with Crippen LogP contribution < -0.4 is 10.5 Å². The van der Waals surface area contributed by atoms with Crippen LogP contribution >= 0.6 is 34.2 Å². The molecule has 2 aromatic carbocycles. The molecule has 0 aliphatic rings. The average Bonchev–Trinajstić information content (AvgIpc) is 2.42. The third-order valence-corrected chi connectivity index (χ3v) is 4.40. The van der Waals surface area contributed by atoms with Gasteiger partial charge in [-0.15, -0.1) is 0 Å².